The Balaban J connectivity index is 1.27. The second kappa shape index (κ2) is 6.46. The van der Waals surface area contributed by atoms with Crippen LogP contribution in [0.4, 0.5) is 0 Å². The molecule has 1 saturated carbocycles. The van der Waals surface area contributed by atoms with Gasteiger partial charge in [0.1, 0.15) is 0 Å². The van der Waals surface area contributed by atoms with Gasteiger partial charge in [0.15, 0.2) is 5.96 Å². The Morgan fingerprint density at radius 2 is 1.76 bits per heavy atom. The van der Waals surface area contributed by atoms with Gasteiger partial charge in [-0.1, -0.05) is 19.1 Å². The molecule has 4 unspecified atom stereocenters. The topological polar surface area (TPSA) is 79.0 Å². The minimum absolute atomic E-state index is 0.0359. The number of aliphatic imine (C=N–C) groups is 1. The van der Waals surface area contributed by atoms with Crippen molar-refractivity contribution >= 4 is 17.8 Å². The third kappa shape index (κ3) is 2.85. The van der Waals surface area contributed by atoms with E-state index < -0.39 is 0 Å². The highest BCUT2D eigenvalue weighted by Crippen LogP contribution is 2.52. The van der Waals surface area contributed by atoms with E-state index in [0.717, 1.165) is 38.3 Å². The highest BCUT2D eigenvalue weighted by Gasteiger charge is 2.58. The summed E-state index contributed by atoms with van der Waals surface area (Å²) in [6, 6.07) is 0. The van der Waals surface area contributed by atoms with Crippen LogP contribution in [0.15, 0.2) is 17.1 Å². The van der Waals surface area contributed by atoms with Crippen LogP contribution in [0.1, 0.15) is 32.6 Å². The van der Waals surface area contributed by atoms with E-state index in [9.17, 15) is 9.59 Å². The first-order valence-corrected chi connectivity index (χ1v) is 9.64. The summed E-state index contributed by atoms with van der Waals surface area (Å²) in [5.74, 6) is 1.82. The van der Waals surface area contributed by atoms with Crippen LogP contribution >= 0.6 is 0 Å². The van der Waals surface area contributed by atoms with E-state index in [1.54, 1.807) is 0 Å². The van der Waals surface area contributed by atoms with Crippen LogP contribution in [0.3, 0.4) is 0 Å². The maximum atomic E-state index is 12.6. The molecule has 0 aromatic rings. The molecule has 2 saturated heterocycles. The molecule has 4 atom stereocenters. The molecule has 2 heterocycles. The molecule has 2 aliphatic carbocycles. The van der Waals surface area contributed by atoms with Crippen LogP contribution in [-0.4, -0.2) is 53.8 Å². The Morgan fingerprint density at radius 3 is 2.36 bits per heavy atom. The van der Waals surface area contributed by atoms with Crippen molar-refractivity contribution in [2.24, 2.45) is 40.3 Å². The number of carbonyl (C=O) groups is 2. The van der Waals surface area contributed by atoms with Gasteiger partial charge >= 0.3 is 0 Å². The fourth-order valence-corrected chi connectivity index (χ4v) is 4.94. The maximum absolute atomic E-state index is 12.6. The third-order valence-corrected chi connectivity index (χ3v) is 6.48. The number of nitrogens with zero attached hydrogens (tertiary/aromatic N) is 3. The number of guanidine groups is 1. The third-order valence-electron chi connectivity index (χ3n) is 6.48. The number of hydrogen-bond acceptors (Lipinski definition) is 3. The molecule has 4 rings (SSSR count). The van der Waals surface area contributed by atoms with E-state index in [-0.39, 0.29) is 35.5 Å². The van der Waals surface area contributed by atoms with Crippen molar-refractivity contribution in [3.63, 3.8) is 0 Å². The molecule has 0 aromatic heterocycles. The molecule has 2 N–H and O–H groups in total. The average molecular weight is 344 g/mol. The van der Waals surface area contributed by atoms with Gasteiger partial charge in [0.2, 0.25) is 11.8 Å². The summed E-state index contributed by atoms with van der Waals surface area (Å²) < 4.78 is 0. The summed E-state index contributed by atoms with van der Waals surface area (Å²) >= 11 is 0. The van der Waals surface area contributed by atoms with Gasteiger partial charge in [-0.2, -0.15) is 0 Å². The predicted octanol–water partition coefficient (Wildman–Crippen LogP) is 1.23. The van der Waals surface area contributed by atoms with E-state index in [4.69, 9.17) is 5.73 Å². The lowest BCUT2D eigenvalue weighted by atomic mass is 9.85. The number of hydrogen-bond donors (Lipinski definition) is 1. The zero-order chi connectivity index (χ0) is 17.6. The number of amides is 2. The first kappa shape index (κ1) is 16.6. The molecule has 2 bridgehead atoms. The SMILES string of the molecule is CC1CCN(C(N)=NCCCN2C(=O)C3C4C=CC(C4)C3C2=O)CC1. The van der Waals surface area contributed by atoms with E-state index in [0.29, 0.717) is 25.5 Å². The Hall–Kier alpha value is -1.85. The van der Waals surface area contributed by atoms with Crippen molar-refractivity contribution in [3.05, 3.63) is 12.2 Å². The summed E-state index contributed by atoms with van der Waals surface area (Å²) in [6.45, 7) is 5.25. The minimum Gasteiger partial charge on any atom is -0.370 e. The summed E-state index contributed by atoms with van der Waals surface area (Å²) in [6.07, 6.45) is 8.24. The second-order valence-electron chi connectivity index (χ2n) is 8.09. The number of imide groups is 1. The van der Waals surface area contributed by atoms with Gasteiger partial charge in [0, 0.05) is 26.2 Å². The average Bonchev–Trinajstić information content (AvgIpc) is 3.28. The van der Waals surface area contributed by atoms with Crippen LogP contribution < -0.4 is 5.73 Å². The predicted molar refractivity (Wildman–Crippen MR) is 95.5 cm³/mol. The lowest BCUT2D eigenvalue weighted by Gasteiger charge is -2.31. The molecule has 0 aromatic carbocycles. The fourth-order valence-electron chi connectivity index (χ4n) is 4.94. The zero-order valence-electron chi connectivity index (χ0n) is 14.9. The Kier molecular flexibility index (Phi) is 4.29. The number of likely N-dealkylation sites (tertiary alicyclic amines) is 2. The molecule has 25 heavy (non-hydrogen) atoms. The Labute approximate surface area is 149 Å². The minimum atomic E-state index is -0.0913. The number of allylic oxidation sites excluding steroid dienone is 2. The molecular formula is C19H28N4O2. The molecule has 2 aliphatic heterocycles. The lowest BCUT2D eigenvalue weighted by molar-refractivity contribution is -0.140. The standard InChI is InChI=1S/C19H28N4O2/c1-12-5-9-22(10-6-12)19(20)21-7-2-8-23-17(24)15-13-3-4-14(11-13)16(15)18(23)25/h3-4,12-16H,2,5-11H2,1H3,(H2,20,21). The van der Waals surface area contributed by atoms with Crippen LogP contribution in [0.5, 0.6) is 0 Å². The van der Waals surface area contributed by atoms with Crippen LogP contribution in [0.25, 0.3) is 0 Å². The molecule has 4 aliphatic rings. The largest absolute Gasteiger partial charge is 0.370 e. The molecular weight excluding hydrogens is 316 g/mol. The molecule has 0 spiro atoms. The number of rotatable bonds is 4. The van der Waals surface area contributed by atoms with Gasteiger partial charge < -0.3 is 10.6 Å². The normalized spacial score (nSPS) is 35.2. The molecule has 6 nitrogen and oxygen atoms in total. The monoisotopic (exact) mass is 344 g/mol. The van der Waals surface area contributed by atoms with Crippen molar-refractivity contribution in [1.82, 2.24) is 9.80 Å². The van der Waals surface area contributed by atoms with Gasteiger partial charge in [-0.25, -0.2) is 0 Å². The maximum Gasteiger partial charge on any atom is 0.233 e. The van der Waals surface area contributed by atoms with Crippen LogP contribution in [-0.2, 0) is 9.59 Å². The molecule has 2 amide bonds. The molecule has 0 radical (unpaired) electrons. The molecule has 3 fully saturated rings. The smallest absolute Gasteiger partial charge is 0.233 e. The van der Waals surface area contributed by atoms with Crippen molar-refractivity contribution in [1.29, 1.82) is 0 Å². The van der Waals surface area contributed by atoms with E-state index >= 15 is 0 Å². The summed E-state index contributed by atoms with van der Waals surface area (Å²) in [4.78, 5) is 33.3. The van der Waals surface area contributed by atoms with Crippen molar-refractivity contribution in [2.45, 2.75) is 32.6 Å². The van der Waals surface area contributed by atoms with Crippen molar-refractivity contribution in [3.8, 4) is 0 Å². The van der Waals surface area contributed by atoms with Gasteiger partial charge in [0.25, 0.3) is 0 Å². The van der Waals surface area contributed by atoms with E-state index in [1.165, 1.54) is 4.90 Å². The number of piperidine rings is 1. The quantitative estimate of drug-likeness (QED) is 0.273. The summed E-state index contributed by atoms with van der Waals surface area (Å²) in [5, 5.41) is 0. The number of carbonyl (C=O) groups excluding carboxylic acids is 2. The van der Waals surface area contributed by atoms with Crippen LogP contribution in [0, 0.1) is 29.6 Å². The number of fused-ring (bicyclic) bond motifs is 5. The highest BCUT2D eigenvalue weighted by molar-refractivity contribution is 6.06. The van der Waals surface area contributed by atoms with E-state index in [1.807, 2.05) is 0 Å². The lowest BCUT2D eigenvalue weighted by Crippen LogP contribution is -2.42. The van der Waals surface area contributed by atoms with Crippen molar-refractivity contribution < 1.29 is 9.59 Å². The van der Waals surface area contributed by atoms with E-state index in [2.05, 4.69) is 29.0 Å². The first-order chi connectivity index (χ1) is 12.1. The summed E-state index contributed by atoms with van der Waals surface area (Å²) in [5.41, 5.74) is 6.08. The van der Waals surface area contributed by atoms with Gasteiger partial charge in [-0.3, -0.25) is 19.5 Å². The zero-order valence-corrected chi connectivity index (χ0v) is 14.9. The van der Waals surface area contributed by atoms with Crippen molar-refractivity contribution in [2.75, 3.05) is 26.2 Å². The Morgan fingerprint density at radius 1 is 1.16 bits per heavy atom. The van der Waals surface area contributed by atoms with Crippen LogP contribution in [0.2, 0.25) is 0 Å². The Bertz CT molecular complexity index is 591. The second-order valence-corrected chi connectivity index (χ2v) is 8.09. The highest BCUT2D eigenvalue weighted by atomic mass is 16.2. The first-order valence-electron chi connectivity index (χ1n) is 9.64. The van der Waals surface area contributed by atoms with Gasteiger partial charge in [-0.05, 0) is 43.4 Å². The summed E-state index contributed by atoms with van der Waals surface area (Å²) in [7, 11) is 0. The molecule has 6 heteroatoms. The van der Waals surface area contributed by atoms with Gasteiger partial charge in [-0.15, -0.1) is 0 Å². The number of nitrogens with two attached hydrogens (primary N) is 1. The fraction of sp³-hybridized carbons (Fsp3) is 0.737. The molecule has 136 valence electrons. The van der Waals surface area contributed by atoms with Gasteiger partial charge in [0.05, 0.1) is 11.8 Å².